The number of aromatic nitrogens is 3. The van der Waals surface area contributed by atoms with Crippen LogP contribution in [-0.4, -0.2) is 51.7 Å². The second-order valence-corrected chi connectivity index (χ2v) is 6.28. The number of amides is 1. The van der Waals surface area contributed by atoms with Gasteiger partial charge in [-0.1, -0.05) is 17.3 Å². The van der Waals surface area contributed by atoms with E-state index in [4.69, 9.17) is 9.84 Å². The third kappa shape index (κ3) is 4.05. The summed E-state index contributed by atoms with van der Waals surface area (Å²) in [5.41, 5.74) is 0.414. The molecule has 2 aromatic rings. The lowest BCUT2D eigenvalue weighted by atomic mass is 9.74. The Hall–Kier alpha value is -2.81. The molecule has 0 unspecified atom stereocenters. The number of nitrogens with one attached hydrogen (secondary N) is 1. The molecular formula is C17H19FN4O4. The number of halogens is 1. The Morgan fingerprint density at radius 3 is 2.58 bits per heavy atom. The number of carboxylic acids is 1. The number of hydrogen-bond donors (Lipinski definition) is 2. The minimum Gasteiger partial charge on any atom is -0.476 e. The lowest BCUT2D eigenvalue weighted by Gasteiger charge is -2.38. The highest BCUT2D eigenvalue weighted by atomic mass is 19.1. The number of carbonyl (C=O) groups excluding carboxylic acids is 1. The predicted molar refractivity (Wildman–Crippen MR) is 88.1 cm³/mol. The van der Waals surface area contributed by atoms with Crippen molar-refractivity contribution in [3.05, 3.63) is 47.5 Å². The van der Waals surface area contributed by atoms with E-state index in [1.165, 1.54) is 23.0 Å². The van der Waals surface area contributed by atoms with Gasteiger partial charge >= 0.3 is 5.97 Å². The van der Waals surface area contributed by atoms with Crippen LogP contribution in [0.4, 0.5) is 4.39 Å². The summed E-state index contributed by atoms with van der Waals surface area (Å²) in [6, 6.07) is 6.31. The Labute approximate surface area is 149 Å². The van der Waals surface area contributed by atoms with Gasteiger partial charge in [-0.2, -0.15) is 0 Å². The molecule has 0 spiro atoms. The van der Waals surface area contributed by atoms with Gasteiger partial charge in [0, 0.05) is 25.2 Å². The highest BCUT2D eigenvalue weighted by Crippen LogP contribution is 2.34. The summed E-state index contributed by atoms with van der Waals surface area (Å²) < 4.78 is 19.8. The molecule has 1 saturated heterocycles. The average molecular weight is 362 g/mol. The van der Waals surface area contributed by atoms with E-state index in [0.29, 0.717) is 32.6 Å². The summed E-state index contributed by atoms with van der Waals surface area (Å²) in [6.45, 7) is 1.38. The maximum atomic E-state index is 13.2. The van der Waals surface area contributed by atoms with Crippen molar-refractivity contribution in [2.24, 2.45) is 0 Å². The molecule has 1 fully saturated rings. The first kappa shape index (κ1) is 18.0. The van der Waals surface area contributed by atoms with Gasteiger partial charge in [0.1, 0.15) is 12.4 Å². The van der Waals surface area contributed by atoms with E-state index in [-0.39, 0.29) is 29.4 Å². The van der Waals surface area contributed by atoms with E-state index < -0.39 is 5.97 Å². The third-order valence-electron chi connectivity index (χ3n) is 4.59. The molecule has 1 amide bonds. The Morgan fingerprint density at radius 2 is 1.96 bits per heavy atom. The van der Waals surface area contributed by atoms with Crippen molar-refractivity contribution in [1.29, 1.82) is 0 Å². The molecule has 0 radical (unpaired) electrons. The highest BCUT2D eigenvalue weighted by Gasteiger charge is 2.34. The van der Waals surface area contributed by atoms with Crippen molar-refractivity contribution in [2.75, 3.05) is 19.8 Å². The summed E-state index contributed by atoms with van der Waals surface area (Å²) in [5.74, 6) is -1.81. The van der Waals surface area contributed by atoms with E-state index in [1.807, 2.05) is 0 Å². The molecule has 8 nitrogen and oxygen atoms in total. The lowest BCUT2D eigenvalue weighted by molar-refractivity contribution is -0.122. The molecule has 3 rings (SSSR count). The maximum absolute atomic E-state index is 13.2. The van der Waals surface area contributed by atoms with Crippen LogP contribution in [0.15, 0.2) is 30.5 Å². The van der Waals surface area contributed by atoms with Gasteiger partial charge in [0.2, 0.25) is 5.91 Å². The van der Waals surface area contributed by atoms with Crippen LogP contribution in [-0.2, 0) is 21.5 Å². The first-order chi connectivity index (χ1) is 12.5. The molecule has 26 heavy (non-hydrogen) atoms. The quantitative estimate of drug-likeness (QED) is 0.793. The third-order valence-corrected chi connectivity index (χ3v) is 4.59. The molecule has 9 heteroatoms. The number of aromatic carboxylic acids is 1. The first-order valence-electron chi connectivity index (χ1n) is 8.22. The minimum absolute atomic E-state index is 0.129. The summed E-state index contributed by atoms with van der Waals surface area (Å²) in [5, 5.41) is 18.8. The van der Waals surface area contributed by atoms with E-state index in [1.54, 1.807) is 12.1 Å². The van der Waals surface area contributed by atoms with Crippen molar-refractivity contribution in [1.82, 2.24) is 20.3 Å². The molecule has 1 aliphatic heterocycles. The topological polar surface area (TPSA) is 106 Å². The van der Waals surface area contributed by atoms with Crippen molar-refractivity contribution in [3.63, 3.8) is 0 Å². The number of rotatable bonds is 6. The molecular weight excluding hydrogens is 343 g/mol. The Bertz CT molecular complexity index is 784. The van der Waals surface area contributed by atoms with Crippen LogP contribution in [0, 0.1) is 5.82 Å². The smallest absolute Gasteiger partial charge is 0.358 e. The number of benzene rings is 1. The summed E-state index contributed by atoms with van der Waals surface area (Å²) in [7, 11) is 0. The van der Waals surface area contributed by atoms with Crippen LogP contribution in [0.1, 0.15) is 28.9 Å². The van der Waals surface area contributed by atoms with E-state index >= 15 is 0 Å². The summed E-state index contributed by atoms with van der Waals surface area (Å²) in [4.78, 5) is 23.0. The number of nitrogens with zero attached hydrogens (tertiary/aromatic N) is 3. The van der Waals surface area contributed by atoms with Crippen molar-refractivity contribution >= 4 is 11.9 Å². The van der Waals surface area contributed by atoms with Crippen LogP contribution >= 0.6 is 0 Å². The van der Waals surface area contributed by atoms with Crippen molar-refractivity contribution in [3.8, 4) is 0 Å². The monoisotopic (exact) mass is 362 g/mol. The van der Waals surface area contributed by atoms with Gasteiger partial charge in [-0.25, -0.2) is 13.9 Å². The van der Waals surface area contributed by atoms with Gasteiger partial charge in [0.25, 0.3) is 0 Å². The summed E-state index contributed by atoms with van der Waals surface area (Å²) >= 11 is 0. The highest BCUT2D eigenvalue weighted by molar-refractivity contribution is 5.84. The second-order valence-electron chi connectivity index (χ2n) is 6.28. The SMILES string of the molecule is O=C(Cn1cc(C(=O)O)nn1)NCC1(c2ccc(F)cc2)CCOCC1. The standard InChI is InChI=1S/C17H19FN4O4/c18-13-3-1-12(2-4-13)17(5-7-26-8-6-17)11-19-15(23)10-22-9-14(16(24)25)20-21-22/h1-4,9H,5-8,10-11H2,(H,19,23)(H,24,25). The fourth-order valence-electron chi connectivity index (χ4n) is 3.08. The zero-order valence-electron chi connectivity index (χ0n) is 14.0. The van der Waals surface area contributed by atoms with E-state index in [0.717, 1.165) is 5.56 Å². The molecule has 1 aromatic carbocycles. The van der Waals surface area contributed by atoms with Crippen LogP contribution in [0.2, 0.25) is 0 Å². The minimum atomic E-state index is -1.20. The fourth-order valence-corrected chi connectivity index (χ4v) is 3.08. The van der Waals surface area contributed by atoms with Gasteiger partial charge in [0.05, 0.1) is 6.20 Å². The number of ether oxygens (including phenoxy) is 1. The van der Waals surface area contributed by atoms with Gasteiger partial charge in [-0.15, -0.1) is 5.10 Å². The van der Waals surface area contributed by atoms with Gasteiger partial charge < -0.3 is 15.2 Å². The predicted octanol–water partition coefficient (Wildman–Crippen LogP) is 0.980. The van der Waals surface area contributed by atoms with E-state index in [2.05, 4.69) is 15.6 Å². The van der Waals surface area contributed by atoms with Gasteiger partial charge in [-0.05, 0) is 30.5 Å². The van der Waals surface area contributed by atoms with Crippen LogP contribution in [0.25, 0.3) is 0 Å². The van der Waals surface area contributed by atoms with Crippen molar-refractivity contribution in [2.45, 2.75) is 24.8 Å². The summed E-state index contributed by atoms with van der Waals surface area (Å²) in [6.07, 6.45) is 2.63. The second kappa shape index (κ2) is 7.61. The molecule has 1 aliphatic rings. The molecule has 2 heterocycles. The van der Waals surface area contributed by atoms with Crippen LogP contribution < -0.4 is 5.32 Å². The van der Waals surface area contributed by atoms with Crippen LogP contribution in [0.5, 0.6) is 0 Å². The first-order valence-corrected chi connectivity index (χ1v) is 8.22. The molecule has 0 aliphatic carbocycles. The van der Waals surface area contributed by atoms with E-state index in [9.17, 15) is 14.0 Å². The molecule has 138 valence electrons. The normalized spacial score (nSPS) is 16.2. The largest absolute Gasteiger partial charge is 0.476 e. The zero-order valence-corrected chi connectivity index (χ0v) is 14.0. The Balaban J connectivity index is 1.66. The molecule has 2 N–H and O–H groups in total. The maximum Gasteiger partial charge on any atom is 0.358 e. The number of carboxylic acid groups (broad SMARTS) is 1. The fraction of sp³-hybridized carbons (Fsp3) is 0.412. The van der Waals surface area contributed by atoms with Crippen molar-refractivity contribution < 1.29 is 23.8 Å². The lowest BCUT2D eigenvalue weighted by Crippen LogP contribution is -2.45. The zero-order chi connectivity index (χ0) is 18.6. The van der Waals surface area contributed by atoms with Crippen LogP contribution in [0.3, 0.4) is 0 Å². The molecule has 0 bridgehead atoms. The van der Waals surface area contributed by atoms with Gasteiger partial charge in [-0.3, -0.25) is 4.79 Å². The number of hydrogen-bond acceptors (Lipinski definition) is 5. The Morgan fingerprint density at radius 1 is 1.27 bits per heavy atom. The molecule has 0 atom stereocenters. The molecule has 0 saturated carbocycles. The Kier molecular flexibility index (Phi) is 5.27. The number of carbonyl (C=O) groups is 2. The van der Waals surface area contributed by atoms with Gasteiger partial charge in [0.15, 0.2) is 5.69 Å². The molecule has 1 aromatic heterocycles. The average Bonchev–Trinajstić information content (AvgIpc) is 3.10.